The van der Waals surface area contributed by atoms with Crippen LogP contribution >= 0.6 is 31.3 Å². The highest BCUT2D eigenvalue weighted by molar-refractivity contribution is 8.70. The Balaban J connectivity index is 1.89. The minimum absolute atomic E-state index is 0.160. The molecule has 0 aliphatic carbocycles. The molecule has 7 rings (SSSR count). The lowest BCUT2D eigenvalue weighted by Crippen LogP contribution is -2.37. The van der Waals surface area contributed by atoms with Crippen molar-refractivity contribution in [1.82, 2.24) is 45.3 Å². The zero-order valence-electron chi connectivity index (χ0n) is 17.2. The van der Waals surface area contributed by atoms with Crippen molar-refractivity contribution in [3.63, 3.8) is 0 Å². The average Bonchev–Trinajstić information content (AvgIpc) is 3.75. The molecule has 0 aromatic carbocycles. The van der Waals surface area contributed by atoms with E-state index in [1.807, 2.05) is 16.8 Å². The first-order chi connectivity index (χ1) is 17.3. The maximum absolute atomic E-state index is 6.18. The fraction of sp³-hybridized carbons (Fsp3) is 0. The molecule has 0 fully saturated rings. The molecule has 174 valence electrons. The smallest absolute Gasteiger partial charge is 0.262 e. The first kappa shape index (κ1) is 20.1. The SMILES string of the molecule is c1coc(S2(c3ccon3)(c3ccsn3)(c3nccs3)N=NC(c3conn3)=C2c2cn[nH]n2)n1. The zero-order chi connectivity index (χ0) is 23.4. The van der Waals surface area contributed by atoms with Crippen LogP contribution < -0.4 is 0 Å². The lowest BCUT2D eigenvalue weighted by atomic mass is 10.3. The molecule has 0 radical (unpaired) electrons. The van der Waals surface area contributed by atoms with E-state index in [2.05, 4.69) is 35.9 Å². The van der Waals surface area contributed by atoms with Gasteiger partial charge in [-0.15, -0.1) is 26.1 Å². The lowest BCUT2D eigenvalue weighted by molar-refractivity contribution is 0.393. The van der Waals surface area contributed by atoms with Crippen molar-refractivity contribution in [2.24, 2.45) is 9.63 Å². The Labute approximate surface area is 201 Å². The van der Waals surface area contributed by atoms with Gasteiger partial charge < -0.3 is 13.5 Å². The van der Waals surface area contributed by atoms with E-state index in [0.29, 0.717) is 36.4 Å². The van der Waals surface area contributed by atoms with Crippen LogP contribution in [0, 0.1) is 0 Å². The molecule has 0 unspecified atom stereocenters. The third kappa shape index (κ3) is 1.96. The van der Waals surface area contributed by atoms with Gasteiger partial charge >= 0.3 is 0 Å². The van der Waals surface area contributed by atoms with Crippen molar-refractivity contribution < 1.29 is 13.5 Å². The standard InChI is InChI=1S/C18H11N11O3S3/c1-5-31-25-13(1)35(14-2-7-34-26-14,17-19-3-6-30-17,18-20-4-8-33-18)16(11-9-21-27-22-11)15(24-29-35)12-10-32-28-23-12/h1-10H,(H,21,22,27). The maximum atomic E-state index is 6.18. The van der Waals surface area contributed by atoms with Gasteiger partial charge in [-0.05, 0) is 17.6 Å². The molecule has 1 aliphatic rings. The van der Waals surface area contributed by atoms with E-state index < -0.39 is 8.48 Å². The highest BCUT2D eigenvalue weighted by Crippen LogP contribution is 3.13. The summed E-state index contributed by atoms with van der Waals surface area (Å²) in [5.74, 6) is 0. The largest absolute Gasteiger partial charge is 0.440 e. The topological polar surface area (TPSA) is 183 Å². The Kier molecular flexibility index (Phi) is 3.79. The van der Waals surface area contributed by atoms with Crippen molar-refractivity contribution >= 4 is 42.0 Å². The van der Waals surface area contributed by atoms with E-state index in [1.54, 1.807) is 18.5 Å². The van der Waals surface area contributed by atoms with E-state index in [9.17, 15) is 0 Å². The van der Waals surface area contributed by atoms with Gasteiger partial charge in [0.1, 0.15) is 34.0 Å². The van der Waals surface area contributed by atoms with E-state index in [-0.39, 0.29) is 5.22 Å². The Hall–Kier alpha value is -4.35. The molecule has 14 nitrogen and oxygen atoms in total. The molecule has 35 heavy (non-hydrogen) atoms. The summed E-state index contributed by atoms with van der Waals surface area (Å²) in [7, 11) is -5.18. The molecule has 6 aromatic rings. The van der Waals surface area contributed by atoms with Gasteiger partial charge in [0.05, 0.1) is 17.3 Å². The molecular weight excluding hydrogens is 514 g/mol. The van der Waals surface area contributed by atoms with Crippen LogP contribution in [-0.2, 0) is 0 Å². The molecule has 0 atom stereocenters. The van der Waals surface area contributed by atoms with Crippen LogP contribution in [0.4, 0.5) is 0 Å². The van der Waals surface area contributed by atoms with Crippen molar-refractivity contribution in [2.75, 3.05) is 0 Å². The van der Waals surface area contributed by atoms with Crippen molar-refractivity contribution in [3.8, 4) is 0 Å². The third-order valence-electron chi connectivity index (χ3n) is 5.84. The first-order valence-corrected chi connectivity index (χ1v) is 13.9. The summed E-state index contributed by atoms with van der Waals surface area (Å²) >= 11 is 2.56. The second kappa shape index (κ2) is 6.62. The predicted octanol–water partition coefficient (Wildman–Crippen LogP) is 4.40. The number of H-pyrrole nitrogens is 1. The maximum Gasteiger partial charge on any atom is 0.262 e. The Morgan fingerprint density at radius 2 is 1.97 bits per heavy atom. The van der Waals surface area contributed by atoms with Crippen LogP contribution in [0.1, 0.15) is 11.4 Å². The summed E-state index contributed by atoms with van der Waals surface area (Å²) in [6, 6.07) is 3.52. The predicted molar refractivity (Wildman–Crippen MR) is 120 cm³/mol. The van der Waals surface area contributed by atoms with Crippen LogP contribution in [-0.4, -0.2) is 45.3 Å². The van der Waals surface area contributed by atoms with Crippen molar-refractivity contribution in [1.29, 1.82) is 0 Å². The number of aromatic nitrogens is 9. The van der Waals surface area contributed by atoms with Crippen LogP contribution in [0.3, 0.4) is 0 Å². The van der Waals surface area contributed by atoms with Gasteiger partial charge in [0.2, 0.25) is 0 Å². The average molecular weight is 526 g/mol. The van der Waals surface area contributed by atoms with Gasteiger partial charge in [-0.1, -0.05) is 5.16 Å². The van der Waals surface area contributed by atoms with Crippen LogP contribution in [0.25, 0.3) is 10.6 Å². The second-order valence-electron chi connectivity index (χ2n) is 7.25. The van der Waals surface area contributed by atoms with Crippen LogP contribution in [0.2, 0.25) is 0 Å². The molecule has 1 aliphatic heterocycles. The minimum atomic E-state index is -5.18. The number of thiazole rings is 1. The van der Waals surface area contributed by atoms with E-state index in [0.717, 1.165) is 0 Å². The second-order valence-corrected chi connectivity index (χ2v) is 14.2. The van der Waals surface area contributed by atoms with Gasteiger partial charge in [0.15, 0.2) is 16.3 Å². The van der Waals surface area contributed by atoms with E-state index in [1.165, 1.54) is 47.9 Å². The van der Waals surface area contributed by atoms with Gasteiger partial charge in [0, 0.05) is 36.8 Å². The summed E-state index contributed by atoms with van der Waals surface area (Å²) in [5, 5.41) is 32.7. The molecule has 1 N–H and O–H groups in total. The monoisotopic (exact) mass is 525 g/mol. The molecule has 6 aromatic heterocycles. The number of nitrogens with zero attached hydrogens (tertiary/aromatic N) is 10. The number of hydrogen-bond acceptors (Lipinski definition) is 15. The Morgan fingerprint density at radius 3 is 2.63 bits per heavy atom. The van der Waals surface area contributed by atoms with E-state index >= 15 is 0 Å². The Morgan fingerprint density at radius 1 is 0.971 bits per heavy atom. The highest BCUT2D eigenvalue weighted by Gasteiger charge is 2.82. The van der Waals surface area contributed by atoms with Crippen LogP contribution in [0.15, 0.2) is 103 Å². The molecular formula is C18H11N11O3S3. The normalized spacial score (nSPS) is 19.8. The number of nitrogens with one attached hydrogen (secondary N) is 1. The summed E-state index contributed by atoms with van der Waals surface area (Å²) < 4.78 is 27.1. The molecule has 0 amide bonds. The minimum Gasteiger partial charge on any atom is -0.440 e. The summed E-state index contributed by atoms with van der Waals surface area (Å²) in [6.45, 7) is 0. The van der Waals surface area contributed by atoms with Gasteiger partial charge in [-0.2, -0.15) is 19.8 Å². The van der Waals surface area contributed by atoms with Gasteiger partial charge in [-0.3, -0.25) is 0 Å². The molecule has 17 heteroatoms. The molecule has 0 saturated carbocycles. The summed E-state index contributed by atoms with van der Waals surface area (Å²) in [6.07, 6.45) is 8.98. The van der Waals surface area contributed by atoms with Crippen molar-refractivity contribution in [2.45, 2.75) is 19.6 Å². The lowest BCUT2D eigenvalue weighted by Gasteiger charge is -2.65. The van der Waals surface area contributed by atoms with Gasteiger partial charge in [0.25, 0.3) is 5.22 Å². The highest BCUT2D eigenvalue weighted by atomic mass is 32.4. The zero-order valence-corrected chi connectivity index (χ0v) is 19.6. The summed E-state index contributed by atoms with van der Waals surface area (Å²) in [4.78, 5) is 9.92. The molecule has 0 saturated heterocycles. The number of aromatic amines is 1. The quantitative estimate of drug-likeness (QED) is 0.325. The number of oxazole rings is 1. The Bertz CT molecular complexity index is 1520. The number of rotatable bonds is 6. The fourth-order valence-corrected chi connectivity index (χ4v) is 14.1. The third-order valence-corrected chi connectivity index (χ3v) is 15.0. The van der Waals surface area contributed by atoms with Gasteiger partial charge in [-0.25, -0.2) is 9.97 Å². The fourth-order valence-electron chi connectivity index (χ4n) is 4.50. The molecule has 7 heterocycles. The van der Waals surface area contributed by atoms with E-state index in [4.69, 9.17) is 32.5 Å². The van der Waals surface area contributed by atoms with Crippen molar-refractivity contribution in [3.05, 3.63) is 71.7 Å². The summed E-state index contributed by atoms with van der Waals surface area (Å²) in [5.41, 5.74) is 0.973. The molecule has 0 spiro atoms. The van der Waals surface area contributed by atoms with Crippen LogP contribution in [0.5, 0.6) is 0 Å². The number of hydrogen-bond donors (Lipinski definition) is 1. The first-order valence-electron chi connectivity index (χ1n) is 9.76. The molecule has 0 bridgehead atoms.